The van der Waals surface area contributed by atoms with Gasteiger partial charge in [0.1, 0.15) is 6.54 Å². The minimum atomic E-state index is -0.939. The van der Waals surface area contributed by atoms with Crippen LogP contribution in [0.5, 0.6) is 0 Å². The standard InChI is InChI=1S/C29H26N2O3S/c1-18-15-29(18)17-31(25-13-6-4-11-23(25)29)26(32)16-30-19(2)27(22-10-3-5-12-24(22)30)35-21-9-7-8-20(14-21)28(33)34/h3-14,18H,15-17H2,1-2H3,(H,33,34). The predicted molar refractivity (Wildman–Crippen MR) is 138 cm³/mol. The Kier molecular flexibility index (Phi) is 5.04. The van der Waals surface area contributed by atoms with Crippen LogP contribution in [-0.2, 0) is 16.8 Å². The average Bonchev–Trinajstić information content (AvgIpc) is 3.29. The maximum atomic E-state index is 13.7. The van der Waals surface area contributed by atoms with E-state index in [-0.39, 0.29) is 23.4 Å². The summed E-state index contributed by atoms with van der Waals surface area (Å²) in [4.78, 5) is 29.0. The molecule has 6 rings (SSSR count). The van der Waals surface area contributed by atoms with Gasteiger partial charge in [-0.25, -0.2) is 4.79 Å². The largest absolute Gasteiger partial charge is 0.478 e. The van der Waals surface area contributed by atoms with Gasteiger partial charge < -0.3 is 14.6 Å². The number of carbonyl (C=O) groups excluding carboxylic acids is 1. The number of carboxylic acid groups (broad SMARTS) is 1. The van der Waals surface area contributed by atoms with E-state index in [0.29, 0.717) is 5.92 Å². The van der Waals surface area contributed by atoms with E-state index in [4.69, 9.17) is 0 Å². The van der Waals surface area contributed by atoms with E-state index in [1.165, 1.54) is 5.56 Å². The SMILES string of the molecule is Cc1c(Sc2cccc(C(=O)O)c2)c2ccccc2n1CC(=O)N1CC2(CC2C)c2ccccc21. The van der Waals surface area contributed by atoms with E-state index in [2.05, 4.69) is 41.8 Å². The Morgan fingerprint density at radius 3 is 2.57 bits per heavy atom. The summed E-state index contributed by atoms with van der Waals surface area (Å²) in [6.07, 6.45) is 1.13. The van der Waals surface area contributed by atoms with Crippen LogP contribution >= 0.6 is 11.8 Å². The molecule has 1 amide bonds. The lowest BCUT2D eigenvalue weighted by atomic mass is 9.96. The van der Waals surface area contributed by atoms with Gasteiger partial charge in [-0.05, 0) is 55.2 Å². The molecule has 0 saturated heterocycles. The third-order valence-electron chi connectivity index (χ3n) is 7.69. The molecule has 1 aliphatic heterocycles. The summed E-state index contributed by atoms with van der Waals surface area (Å²) in [7, 11) is 0. The van der Waals surface area contributed by atoms with Crippen molar-refractivity contribution in [2.24, 2.45) is 5.92 Å². The normalized spacial score (nSPS) is 20.4. The van der Waals surface area contributed by atoms with Gasteiger partial charge in [-0.2, -0.15) is 0 Å². The first-order valence-corrected chi connectivity index (χ1v) is 12.7. The Labute approximate surface area is 208 Å². The van der Waals surface area contributed by atoms with Crippen molar-refractivity contribution in [3.05, 3.63) is 89.6 Å². The molecule has 176 valence electrons. The summed E-state index contributed by atoms with van der Waals surface area (Å²) in [5.41, 5.74) is 4.77. The smallest absolute Gasteiger partial charge is 0.335 e. The van der Waals surface area contributed by atoms with Crippen LogP contribution < -0.4 is 4.90 Å². The number of rotatable bonds is 5. The van der Waals surface area contributed by atoms with Crippen LogP contribution in [0.3, 0.4) is 0 Å². The molecule has 1 fully saturated rings. The molecule has 2 heterocycles. The van der Waals surface area contributed by atoms with Crippen LogP contribution in [0.15, 0.2) is 82.6 Å². The first-order chi connectivity index (χ1) is 16.9. The molecule has 1 N–H and O–H groups in total. The van der Waals surface area contributed by atoms with E-state index in [1.54, 1.807) is 30.0 Å². The van der Waals surface area contributed by atoms with Crippen molar-refractivity contribution >= 4 is 40.2 Å². The molecule has 1 aromatic heterocycles. The van der Waals surface area contributed by atoms with E-state index in [0.717, 1.165) is 45.0 Å². The van der Waals surface area contributed by atoms with Crippen molar-refractivity contribution in [3.63, 3.8) is 0 Å². The van der Waals surface area contributed by atoms with Gasteiger partial charge in [-0.15, -0.1) is 0 Å². The Morgan fingerprint density at radius 1 is 1.06 bits per heavy atom. The van der Waals surface area contributed by atoms with Gasteiger partial charge in [0.25, 0.3) is 0 Å². The molecule has 4 aromatic rings. The highest BCUT2D eigenvalue weighted by Crippen LogP contribution is 2.60. The second-order valence-electron chi connectivity index (χ2n) is 9.71. The summed E-state index contributed by atoms with van der Waals surface area (Å²) >= 11 is 1.54. The molecule has 1 saturated carbocycles. The first kappa shape index (κ1) is 22.0. The van der Waals surface area contributed by atoms with Crippen molar-refractivity contribution in [2.45, 2.75) is 42.0 Å². The van der Waals surface area contributed by atoms with E-state index < -0.39 is 5.97 Å². The zero-order valence-corrected chi connectivity index (χ0v) is 20.5. The highest BCUT2D eigenvalue weighted by molar-refractivity contribution is 7.99. The monoisotopic (exact) mass is 482 g/mol. The quantitative estimate of drug-likeness (QED) is 0.372. The number of benzene rings is 3. The van der Waals surface area contributed by atoms with Gasteiger partial charge in [0.05, 0.1) is 5.56 Å². The summed E-state index contributed by atoms with van der Waals surface area (Å²) < 4.78 is 2.10. The van der Waals surface area contributed by atoms with Crippen molar-refractivity contribution in [2.75, 3.05) is 11.4 Å². The summed E-state index contributed by atoms with van der Waals surface area (Å²) in [5, 5.41) is 10.4. The molecule has 5 nitrogen and oxygen atoms in total. The topological polar surface area (TPSA) is 62.5 Å². The minimum absolute atomic E-state index is 0.0988. The van der Waals surface area contributed by atoms with Crippen molar-refractivity contribution in [3.8, 4) is 0 Å². The van der Waals surface area contributed by atoms with Crippen LogP contribution in [0.4, 0.5) is 5.69 Å². The molecule has 1 aliphatic carbocycles. The van der Waals surface area contributed by atoms with Crippen molar-refractivity contribution in [1.82, 2.24) is 4.57 Å². The van der Waals surface area contributed by atoms with Gasteiger partial charge in [0.2, 0.25) is 5.91 Å². The minimum Gasteiger partial charge on any atom is -0.478 e. The number of aromatic nitrogens is 1. The first-order valence-electron chi connectivity index (χ1n) is 11.9. The van der Waals surface area contributed by atoms with Crippen LogP contribution in [0.1, 0.15) is 35.0 Å². The maximum Gasteiger partial charge on any atom is 0.335 e. The highest BCUT2D eigenvalue weighted by atomic mass is 32.2. The maximum absolute atomic E-state index is 13.7. The molecular weight excluding hydrogens is 456 g/mol. The average molecular weight is 483 g/mol. The second kappa shape index (κ2) is 8.02. The summed E-state index contributed by atoms with van der Waals surface area (Å²) in [6.45, 7) is 5.34. The molecule has 1 spiro atoms. The zero-order valence-electron chi connectivity index (χ0n) is 19.7. The van der Waals surface area contributed by atoms with Crippen LogP contribution in [0.25, 0.3) is 10.9 Å². The Bertz CT molecular complexity index is 1510. The molecular formula is C29H26N2O3S. The van der Waals surface area contributed by atoms with Crippen molar-refractivity contribution in [1.29, 1.82) is 0 Å². The molecule has 6 heteroatoms. The fourth-order valence-electron chi connectivity index (χ4n) is 5.65. The lowest BCUT2D eigenvalue weighted by Crippen LogP contribution is -2.34. The number of hydrogen-bond acceptors (Lipinski definition) is 3. The summed E-state index contributed by atoms with van der Waals surface area (Å²) in [5.74, 6) is -0.243. The predicted octanol–water partition coefficient (Wildman–Crippen LogP) is 6.12. The van der Waals surface area contributed by atoms with Crippen LogP contribution in [0.2, 0.25) is 0 Å². The molecule has 0 bridgehead atoms. The van der Waals surface area contributed by atoms with Gasteiger partial charge >= 0.3 is 5.97 Å². The van der Waals surface area contributed by atoms with E-state index in [9.17, 15) is 14.7 Å². The Hall–Kier alpha value is -3.51. The number of aromatic carboxylic acids is 1. The number of nitrogens with zero attached hydrogens (tertiary/aromatic N) is 2. The van der Waals surface area contributed by atoms with Gasteiger partial charge in [0, 0.05) is 44.0 Å². The Balaban J connectivity index is 1.35. The number of anilines is 1. The number of para-hydroxylation sites is 2. The molecule has 0 radical (unpaired) electrons. The van der Waals surface area contributed by atoms with Crippen molar-refractivity contribution < 1.29 is 14.7 Å². The highest BCUT2D eigenvalue weighted by Gasteiger charge is 2.58. The molecule has 2 atom stereocenters. The fourth-order valence-corrected chi connectivity index (χ4v) is 6.76. The number of hydrogen-bond donors (Lipinski definition) is 1. The summed E-state index contributed by atoms with van der Waals surface area (Å²) in [6, 6.07) is 23.4. The van der Waals surface area contributed by atoms with E-state index >= 15 is 0 Å². The van der Waals surface area contributed by atoms with E-state index in [1.807, 2.05) is 36.1 Å². The van der Waals surface area contributed by atoms with Crippen LogP contribution in [0, 0.1) is 12.8 Å². The fraction of sp³-hybridized carbons (Fsp3) is 0.241. The van der Waals surface area contributed by atoms with Gasteiger partial charge in [-0.3, -0.25) is 4.79 Å². The number of carboxylic acids is 1. The number of amides is 1. The van der Waals surface area contributed by atoms with Gasteiger partial charge in [-0.1, -0.05) is 61.2 Å². The third kappa shape index (κ3) is 3.47. The van der Waals surface area contributed by atoms with Crippen LogP contribution in [-0.4, -0.2) is 28.1 Å². The lowest BCUT2D eigenvalue weighted by molar-refractivity contribution is -0.119. The molecule has 3 aromatic carbocycles. The molecule has 2 aliphatic rings. The lowest BCUT2D eigenvalue weighted by Gasteiger charge is -2.19. The zero-order chi connectivity index (χ0) is 24.3. The second-order valence-corrected chi connectivity index (χ2v) is 10.8. The number of fused-ring (bicyclic) bond motifs is 3. The third-order valence-corrected chi connectivity index (χ3v) is 8.90. The molecule has 2 unspecified atom stereocenters. The number of carbonyl (C=O) groups is 2. The molecule has 35 heavy (non-hydrogen) atoms. The van der Waals surface area contributed by atoms with Gasteiger partial charge in [0.15, 0.2) is 0 Å². The Morgan fingerprint density at radius 2 is 1.80 bits per heavy atom.